The van der Waals surface area contributed by atoms with Crippen molar-refractivity contribution in [2.45, 2.75) is 5.16 Å². The van der Waals surface area contributed by atoms with Crippen molar-refractivity contribution in [3.63, 3.8) is 0 Å². The fraction of sp³-hybridized carbons (Fsp3) is 0.211. The standard InChI is InChI=1S/C19H19F2N5O4S/c1-28-14-6-10(7-15(29-2)17(14)30-3)18-24-25-19(26(18)22)31-9-16(27)23-13-5-4-11(20)8-12(13)21/h4-8H,9,22H2,1-3H3,(H,23,27). The lowest BCUT2D eigenvalue weighted by molar-refractivity contribution is -0.113. The zero-order chi connectivity index (χ0) is 22.5. The fourth-order valence-corrected chi connectivity index (χ4v) is 3.35. The summed E-state index contributed by atoms with van der Waals surface area (Å²) in [6.07, 6.45) is 0. The van der Waals surface area contributed by atoms with Gasteiger partial charge in [0, 0.05) is 11.6 Å². The molecule has 0 saturated carbocycles. The van der Waals surface area contributed by atoms with Crippen molar-refractivity contribution >= 4 is 23.4 Å². The molecular formula is C19H19F2N5O4S. The molecular weight excluding hydrogens is 432 g/mol. The second-order valence-electron chi connectivity index (χ2n) is 6.05. The van der Waals surface area contributed by atoms with Crippen LogP contribution in [-0.4, -0.2) is 47.9 Å². The molecule has 1 aromatic heterocycles. The van der Waals surface area contributed by atoms with E-state index in [2.05, 4.69) is 15.5 Å². The number of anilines is 1. The van der Waals surface area contributed by atoms with E-state index in [9.17, 15) is 13.6 Å². The molecule has 0 fully saturated rings. The molecule has 0 bridgehead atoms. The molecule has 0 aliphatic rings. The number of hydrogen-bond donors (Lipinski definition) is 2. The smallest absolute Gasteiger partial charge is 0.234 e. The molecule has 2 aromatic carbocycles. The van der Waals surface area contributed by atoms with Crippen LogP contribution in [0.3, 0.4) is 0 Å². The number of nitrogens with one attached hydrogen (secondary N) is 1. The van der Waals surface area contributed by atoms with Crippen LogP contribution in [0.2, 0.25) is 0 Å². The molecule has 9 nitrogen and oxygen atoms in total. The number of rotatable bonds is 8. The zero-order valence-corrected chi connectivity index (χ0v) is 17.6. The lowest BCUT2D eigenvalue weighted by atomic mass is 10.1. The molecule has 0 atom stereocenters. The van der Waals surface area contributed by atoms with Gasteiger partial charge in [0.05, 0.1) is 32.8 Å². The molecule has 12 heteroatoms. The van der Waals surface area contributed by atoms with E-state index in [1.165, 1.54) is 26.0 Å². The van der Waals surface area contributed by atoms with E-state index in [1.54, 1.807) is 12.1 Å². The number of nitrogen functional groups attached to an aromatic ring is 1. The third-order valence-electron chi connectivity index (χ3n) is 4.13. The van der Waals surface area contributed by atoms with E-state index < -0.39 is 17.5 Å². The number of amides is 1. The normalized spacial score (nSPS) is 10.6. The number of benzene rings is 2. The summed E-state index contributed by atoms with van der Waals surface area (Å²) in [5.41, 5.74) is 0.425. The highest BCUT2D eigenvalue weighted by atomic mass is 32.2. The third-order valence-corrected chi connectivity index (χ3v) is 5.07. The zero-order valence-electron chi connectivity index (χ0n) is 16.8. The van der Waals surface area contributed by atoms with Gasteiger partial charge in [-0.1, -0.05) is 11.8 Å². The van der Waals surface area contributed by atoms with Gasteiger partial charge in [0.2, 0.25) is 16.8 Å². The topological polar surface area (TPSA) is 114 Å². The Morgan fingerprint density at radius 1 is 1.10 bits per heavy atom. The van der Waals surface area contributed by atoms with Gasteiger partial charge in [-0.05, 0) is 24.3 Å². The van der Waals surface area contributed by atoms with Crippen LogP contribution in [0.5, 0.6) is 17.2 Å². The minimum atomic E-state index is -0.870. The summed E-state index contributed by atoms with van der Waals surface area (Å²) < 4.78 is 43.8. The lowest BCUT2D eigenvalue weighted by Gasteiger charge is -2.13. The average Bonchev–Trinajstić information content (AvgIpc) is 3.13. The van der Waals surface area contributed by atoms with Crippen molar-refractivity contribution in [2.75, 3.05) is 38.2 Å². The molecule has 3 rings (SSSR count). The van der Waals surface area contributed by atoms with Gasteiger partial charge in [-0.25, -0.2) is 13.5 Å². The minimum Gasteiger partial charge on any atom is -0.493 e. The summed E-state index contributed by atoms with van der Waals surface area (Å²) in [6.45, 7) is 0. The van der Waals surface area contributed by atoms with Crippen LogP contribution in [0.4, 0.5) is 14.5 Å². The summed E-state index contributed by atoms with van der Waals surface area (Å²) in [4.78, 5) is 12.1. The molecule has 3 aromatic rings. The number of halogens is 2. The van der Waals surface area contributed by atoms with E-state index >= 15 is 0 Å². The van der Waals surface area contributed by atoms with Gasteiger partial charge in [0.1, 0.15) is 11.6 Å². The summed E-state index contributed by atoms with van der Waals surface area (Å²) in [5, 5.41) is 10.7. The maximum absolute atomic E-state index is 13.7. The second-order valence-corrected chi connectivity index (χ2v) is 6.99. The van der Waals surface area contributed by atoms with E-state index in [1.807, 2.05) is 0 Å². The summed E-state index contributed by atoms with van der Waals surface area (Å²) in [7, 11) is 4.46. The van der Waals surface area contributed by atoms with E-state index in [0.29, 0.717) is 34.7 Å². The number of nitrogens with zero attached hydrogens (tertiary/aromatic N) is 3. The van der Waals surface area contributed by atoms with Gasteiger partial charge < -0.3 is 25.4 Å². The monoisotopic (exact) mass is 451 g/mol. The highest BCUT2D eigenvalue weighted by Gasteiger charge is 2.19. The van der Waals surface area contributed by atoms with Crippen LogP contribution in [0.15, 0.2) is 35.5 Å². The van der Waals surface area contributed by atoms with Crippen molar-refractivity contribution in [1.29, 1.82) is 0 Å². The summed E-state index contributed by atoms with van der Waals surface area (Å²) in [6, 6.07) is 6.19. The maximum Gasteiger partial charge on any atom is 0.234 e. The summed E-state index contributed by atoms with van der Waals surface area (Å²) >= 11 is 0.995. The maximum atomic E-state index is 13.7. The van der Waals surface area contributed by atoms with Crippen LogP contribution < -0.4 is 25.4 Å². The Kier molecular flexibility index (Phi) is 6.80. The van der Waals surface area contributed by atoms with Crippen LogP contribution in [0, 0.1) is 11.6 Å². The molecule has 1 heterocycles. The third kappa shape index (κ3) is 4.79. The van der Waals surface area contributed by atoms with Gasteiger partial charge in [0.15, 0.2) is 17.3 Å². The molecule has 0 aliphatic heterocycles. The molecule has 1 amide bonds. The van der Waals surface area contributed by atoms with Crippen molar-refractivity contribution < 1.29 is 27.8 Å². The SMILES string of the molecule is COc1cc(-c2nnc(SCC(=O)Nc3ccc(F)cc3F)n2N)cc(OC)c1OC. The second kappa shape index (κ2) is 9.51. The highest BCUT2D eigenvalue weighted by Crippen LogP contribution is 2.40. The Hall–Kier alpha value is -3.54. The highest BCUT2D eigenvalue weighted by molar-refractivity contribution is 7.99. The molecule has 0 radical (unpaired) electrons. The Labute approximate surface area is 180 Å². The first kappa shape index (κ1) is 22.2. The number of thioether (sulfide) groups is 1. The number of hydrogen-bond acceptors (Lipinski definition) is 8. The molecule has 0 saturated heterocycles. The predicted molar refractivity (Wildman–Crippen MR) is 111 cm³/mol. The largest absolute Gasteiger partial charge is 0.493 e. The van der Waals surface area contributed by atoms with Crippen molar-refractivity contribution in [3.05, 3.63) is 42.0 Å². The van der Waals surface area contributed by atoms with Gasteiger partial charge in [-0.3, -0.25) is 4.79 Å². The van der Waals surface area contributed by atoms with E-state index in [0.717, 1.165) is 23.9 Å². The molecule has 164 valence electrons. The Morgan fingerprint density at radius 2 is 1.77 bits per heavy atom. The van der Waals surface area contributed by atoms with Crippen LogP contribution in [-0.2, 0) is 4.79 Å². The first-order chi connectivity index (χ1) is 14.9. The molecule has 31 heavy (non-hydrogen) atoms. The lowest BCUT2D eigenvalue weighted by Crippen LogP contribution is -2.17. The number of nitrogens with two attached hydrogens (primary N) is 1. The first-order valence-electron chi connectivity index (χ1n) is 8.76. The van der Waals surface area contributed by atoms with Crippen LogP contribution in [0.1, 0.15) is 0 Å². The molecule has 3 N–H and O–H groups in total. The minimum absolute atomic E-state index is 0.124. The molecule has 0 aliphatic carbocycles. The van der Waals surface area contributed by atoms with E-state index in [4.69, 9.17) is 20.1 Å². The quantitative estimate of drug-likeness (QED) is 0.397. The van der Waals surface area contributed by atoms with E-state index in [-0.39, 0.29) is 16.6 Å². The van der Waals surface area contributed by atoms with Crippen molar-refractivity contribution in [2.24, 2.45) is 0 Å². The van der Waals surface area contributed by atoms with Gasteiger partial charge in [0.25, 0.3) is 0 Å². The number of ether oxygens (including phenoxy) is 3. The molecule has 0 spiro atoms. The predicted octanol–water partition coefficient (Wildman–Crippen LogP) is 2.69. The number of carbonyl (C=O) groups excluding carboxylic acids is 1. The number of carbonyl (C=O) groups is 1. The molecule has 0 unspecified atom stereocenters. The average molecular weight is 451 g/mol. The number of aromatic nitrogens is 3. The van der Waals surface area contributed by atoms with Gasteiger partial charge in [-0.2, -0.15) is 0 Å². The Morgan fingerprint density at radius 3 is 2.35 bits per heavy atom. The Bertz CT molecular complexity index is 1080. The van der Waals surface area contributed by atoms with Crippen LogP contribution in [0.25, 0.3) is 11.4 Å². The van der Waals surface area contributed by atoms with Gasteiger partial charge >= 0.3 is 0 Å². The van der Waals surface area contributed by atoms with Gasteiger partial charge in [-0.15, -0.1) is 10.2 Å². The Balaban J connectivity index is 1.75. The summed E-state index contributed by atoms with van der Waals surface area (Å²) in [5.74, 6) is 5.38. The number of methoxy groups -OCH3 is 3. The van der Waals surface area contributed by atoms with Crippen molar-refractivity contribution in [3.8, 4) is 28.6 Å². The fourth-order valence-electron chi connectivity index (χ4n) is 2.69. The van der Waals surface area contributed by atoms with Crippen molar-refractivity contribution in [1.82, 2.24) is 14.9 Å². The van der Waals surface area contributed by atoms with Crippen LogP contribution >= 0.6 is 11.8 Å². The first-order valence-corrected chi connectivity index (χ1v) is 9.75.